The molecule has 1 aromatic carbocycles. The summed E-state index contributed by atoms with van der Waals surface area (Å²) in [4.78, 5) is 11.9. The van der Waals surface area contributed by atoms with E-state index in [0.717, 1.165) is 15.8 Å². The molecule has 0 aliphatic carbocycles. The highest BCUT2D eigenvalue weighted by Crippen LogP contribution is 2.17. The van der Waals surface area contributed by atoms with Gasteiger partial charge in [-0.2, -0.15) is 0 Å². The molecule has 1 amide bonds. The van der Waals surface area contributed by atoms with Gasteiger partial charge in [-0.1, -0.05) is 11.3 Å². The van der Waals surface area contributed by atoms with Crippen LogP contribution in [0.25, 0.3) is 0 Å². The van der Waals surface area contributed by atoms with E-state index < -0.39 is 0 Å². The molecule has 2 aromatic rings. The number of nitrogens with zero attached hydrogens (tertiary/aromatic N) is 2. The quantitative estimate of drug-likeness (QED) is 0.808. The van der Waals surface area contributed by atoms with Crippen molar-refractivity contribution in [3.8, 4) is 0 Å². The zero-order valence-corrected chi connectivity index (χ0v) is 12.6. The molecule has 7 heteroatoms. The van der Waals surface area contributed by atoms with E-state index in [0.29, 0.717) is 10.1 Å². The Morgan fingerprint density at radius 1 is 1.33 bits per heavy atom. The molecule has 2 N–H and O–H groups in total. The Morgan fingerprint density at radius 3 is 2.72 bits per heavy atom. The summed E-state index contributed by atoms with van der Waals surface area (Å²) in [6.07, 6.45) is 0. The molecule has 0 saturated carbocycles. The van der Waals surface area contributed by atoms with Crippen LogP contribution in [0, 0.1) is 3.57 Å². The van der Waals surface area contributed by atoms with Gasteiger partial charge in [0, 0.05) is 15.8 Å². The molecule has 0 saturated heterocycles. The fourth-order valence-electron chi connectivity index (χ4n) is 1.26. The lowest BCUT2D eigenvalue weighted by Gasteiger charge is -2.01. The second-order valence-corrected chi connectivity index (χ2v) is 5.63. The summed E-state index contributed by atoms with van der Waals surface area (Å²) in [5.74, 6) is -0.238. The van der Waals surface area contributed by atoms with Crippen molar-refractivity contribution in [2.24, 2.45) is 0 Å². The van der Waals surface area contributed by atoms with Gasteiger partial charge in [-0.15, -0.1) is 10.2 Å². The Hall–Kier alpha value is -1.22. The Balaban J connectivity index is 2.04. The standard InChI is InChI=1S/C11H11IN4OS/c1-2-13-11-16-15-10(18-11)9(17)14-8-5-3-7(12)4-6-8/h3-6H,2H2,1H3,(H,13,16)(H,14,17). The molecule has 2 rings (SSSR count). The minimum Gasteiger partial charge on any atom is -0.360 e. The van der Waals surface area contributed by atoms with Gasteiger partial charge in [-0.05, 0) is 53.8 Å². The lowest BCUT2D eigenvalue weighted by atomic mass is 10.3. The average Bonchev–Trinajstić information content (AvgIpc) is 2.81. The summed E-state index contributed by atoms with van der Waals surface area (Å²) in [7, 11) is 0. The Labute approximate surface area is 122 Å². The molecule has 94 valence electrons. The van der Waals surface area contributed by atoms with E-state index in [9.17, 15) is 4.79 Å². The number of hydrogen-bond donors (Lipinski definition) is 2. The van der Waals surface area contributed by atoms with Crippen LogP contribution in [0.3, 0.4) is 0 Å². The van der Waals surface area contributed by atoms with E-state index in [1.807, 2.05) is 31.2 Å². The number of hydrogen-bond acceptors (Lipinski definition) is 5. The van der Waals surface area contributed by atoms with Crippen molar-refractivity contribution in [1.82, 2.24) is 10.2 Å². The predicted molar refractivity (Wildman–Crippen MR) is 81.2 cm³/mol. The fraction of sp³-hybridized carbons (Fsp3) is 0.182. The molecular weight excluding hydrogens is 363 g/mol. The predicted octanol–water partition coefficient (Wildman–Crippen LogP) is 2.83. The van der Waals surface area contributed by atoms with E-state index in [-0.39, 0.29) is 5.91 Å². The van der Waals surface area contributed by atoms with Gasteiger partial charge in [0.1, 0.15) is 0 Å². The lowest BCUT2D eigenvalue weighted by Crippen LogP contribution is -2.11. The van der Waals surface area contributed by atoms with Gasteiger partial charge in [0.05, 0.1) is 0 Å². The first-order chi connectivity index (χ1) is 8.69. The number of rotatable bonds is 4. The van der Waals surface area contributed by atoms with Crippen LogP contribution in [0.1, 0.15) is 16.7 Å². The number of nitrogens with one attached hydrogen (secondary N) is 2. The zero-order chi connectivity index (χ0) is 13.0. The molecule has 1 heterocycles. The van der Waals surface area contributed by atoms with Crippen LogP contribution in [0.2, 0.25) is 0 Å². The number of carbonyl (C=O) groups is 1. The van der Waals surface area contributed by atoms with Crippen LogP contribution in [0.4, 0.5) is 10.8 Å². The summed E-state index contributed by atoms with van der Waals surface area (Å²) >= 11 is 3.45. The normalized spacial score (nSPS) is 10.1. The van der Waals surface area contributed by atoms with Gasteiger partial charge in [0.2, 0.25) is 10.1 Å². The number of halogens is 1. The average molecular weight is 374 g/mol. The second-order valence-electron chi connectivity index (χ2n) is 3.40. The molecule has 0 aliphatic heterocycles. The maximum Gasteiger partial charge on any atom is 0.286 e. The van der Waals surface area contributed by atoms with Gasteiger partial charge < -0.3 is 10.6 Å². The number of benzene rings is 1. The number of amides is 1. The molecular formula is C11H11IN4OS. The fourth-order valence-corrected chi connectivity index (χ4v) is 2.32. The van der Waals surface area contributed by atoms with Crippen LogP contribution in [0.15, 0.2) is 24.3 Å². The summed E-state index contributed by atoms with van der Waals surface area (Å²) in [5.41, 5.74) is 0.751. The zero-order valence-electron chi connectivity index (χ0n) is 9.61. The van der Waals surface area contributed by atoms with Crippen molar-refractivity contribution in [3.63, 3.8) is 0 Å². The first kappa shape index (κ1) is 13.2. The first-order valence-electron chi connectivity index (χ1n) is 5.33. The number of carbonyl (C=O) groups excluding carboxylic acids is 1. The van der Waals surface area contributed by atoms with Crippen molar-refractivity contribution in [2.75, 3.05) is 17.2 Å². The summed E-state index contributed by atoms with van der Waals surface area (Å²) < 4.78 is 1.12. The molecule has 0 atom stereocenters. The molecule has 0 bridgehead atoms. The van der Waals surface area contributed by atoms with Crippen LogP contribution in [-0.4, -0.2) is 22.6 Å². The summed E-state index contributed by atoms with van der Waals surface area (Å²) in [6.45, 7) is 2.72. The molecule has 0 fully saturated rings. The topological polar surface area (TPSA) is 66.9 Å². The van der Waals surface area contributed by atoms with Crippen molar-refractivity contribution < 1.29 is 4.79 Å². The molecule has 0 spiro atoms. The van der Waals surface area contributed by atoms with E-state index in [1.165, 1.54) is 11.3 Å². The SMILES string of the molecule is CCNc1nnc(C(=O)Nc2ccc(I)cc2)s1. The van der Waals surface area contributed by atoms with E-state index in [4.69, 9.17) is 0 Å². The van der Waals surface area contributed by atoms with Crippen LogP contribution in [0.5, 0.6) is 0 Å². The van der Waals surface area contributed by atoms with E-state index in [2.05, 4.69) is 43.4 Å². The van der Waals surface area contributed by atoms with Gasteiger partial charge >= 0.3 is 0 Å². The maximum atomic E-state index is 11.9. The molecule has 0 unspecified atom stereocenters. The molecule has 5 nitrogen and oxygen atoms in total. The monoisotopic (exact) mass is 374 g/mol. The van der Waals surface area contributed by atoms with Crippen molar-refractivity contribution >= 4 is 50.7 Å². The van der Waals surface area contributed by atoms with Crippen LogP contribution < -0.4 is 10.6 Å². The number of aromatic nitrogens is 2. The molecule has 18 heavy (non-hydrogen) atoms. The molecule has 0 radical (unpaired) electrons. The van der Waals surface area contributed by atoms with Crippen molar-refractivity contribution in [3.05, 3.63) is 32.8 Å². The number of anilines is 2. The maximum absolute atomic E-state index is 11.9. The summed E-state index contributed by atoms with van der Waals surface area (Å²) in [6, 6.07) is 7.57. The highest BCUT2D eigenvalue weighted by molar-refractivity contribution is 14.1. The smallest absolute Gasteiger partial charge is 0.286 e. The Kier molecular flexibility index (Phi) is 4.48. The Bertz CT molecular complexity index is 540. The van der Waals surface area contributed by atoms with Crippen LogP contribution in [-0.2, 0) is 0 Å². The Morgan fingerprint density at radius 2 is 2.06 bits per heavy atom. The molecule has 0 aliphatic rings. The largest absolute Gasteiger partial charge is 0.360 e. The van der Waals surface area contributed by atoms with Gasteiger partial charge in [-0.25, -0.2) is 0 Å². The van der Waals surface area contributed by atoms with Crippen LogP contribution >= 0.6 is 33.9 Å². The van der Waals surface area contributed by atoms with Gasteiger partial charge in [0.15, 0.2) is 0 Å². The minimum absolute atomic E-state index is 0.238. The third-order valence-corrected chi connectivity index (χ3v) is 3.65. The third kappa shape index (κ3) is 3.39. The van der Waals surface area contributed by atoms with Crippen molar-refractivity contribution in [2.45, 2.75) is 6.92 Å². The first-order valence-corrected chi connectivity index (χ1v) is 7.23. The lowest BCUT2D eigenvalue weighted by molar-refractivity contribution is 0.102. The highest BCUT2D eigenvalue weighted by Gasteiger charge is 2.12. The molecule has 1 aromatic heterocycles. The second kappa shape index (κ2) is 6.10. The van der Waals surface area contributed by atoms with E-state index in [1.54, 1.807) is 0 Å². The summed E-state index contributed by atoms with van der Waals surface area (Å²) in [5, 5.41) is 14.5. The highest BCUT2D eigenvalue weighted by atomic mass is 127. The van der Waals surface area contributed by atoms with Gasteiger partial charge in [-0.3, -0.25) is 4.79 Å². The van der Waals surface area contributed by atoms with E-state index >= 15 is 0 Å². The van der Waals surface area contributed by atoms with Crippen molar-refractivity contribution in [1.29, 1.82) is 0 Å². The van der Waals surface area contributed by atoms with Gasteiger partial charge in [0.25, 0.3) is 5.91 Å². The minimum atomic E-state index is -0.238. The third-order valence-electron chi connectivity index (χ3n) is 2.05.